The fourth-order valence-electron chi connectivity index (χ4n) is 5.42. The predicted octanol–water partition coefficient (Wildman–Crippen LogP) is 3.02. The standard InChI is InChI=1S/C24H31F2N3O4/c1-2-9-24(22(31)29(23(32)27-24)15-19-4-3-12-33-19)17-7-10-28(11-8-17)21(30)14-16-13-18(25)5-6-20(16)26/h5-6,13,17,19H,2-4,7-12,14-15H2,1H3,(H,27,32)/t19-,24+/m0/s1. The molecular weight excluding hydrogens is 432 g/mol. The maximum absolute atomic E-state index is 13.9. The molecule has 4 rings (SSSR count). The molecule has 1 aromatic carbocycles. The Morgan fingerprint density at radius 1 is 1.21 bits per heavy atom. The van der Waals surface area contributed by atoms with Gasteiger partial charge in [-0.25, -0.2) is 13.6 Å². The largest absolute Gasteiger partial charge is 0.376 e. The first kappa shape index (κ1) is 23.6. The Morgan fingerprint density at radius 3 is 2.64 bits per heavy atom. The molecule has 9 heteroatoms. The first-order valence-corrected chi connectivity index (χ1v) is 11.8. The summed E-state index contributed by atoms with van der Waals surface area (Å²) < 4.78 is 33.0. The van der Waals surface area contributed by atoms with E-state index in [0.717, 1.165) is 37.5 Å². The summed E-state index contributed by atoms with van der Waals surface area (Å²) in [5.41, 5.74) is -0.929. The summed E-state index contributed by atoms with van der Waals surface area (Å²) >= 11 is 0. The van der Waals surface area contributed by atoms with E-state index in [1.807, 2.05) is 6.92 Å². The smallest absolute Gasteiger partial charge is 0.325 e. The fraction of sp³-hybridized carbons (Fsp3) is 0.625. The van der Waals surface area contributed by atoms with Gasteiger partial charge in [-0.1, -0.05) is 13.3 Å². The molecule has 3 aliphatic heterocycles. The minimum absolute atomic E-state index is 0.0348. The third kappa shape index (κ3) is 4.74. The number of benzene rings is 1. The van der Waals surface area contributed by atoms with Crippen molar-refractivity contribution in [2.45, 2.75) is 63.5 Å². The van der Waals surface area contributed by atoms with Crippen molar-refractivity contribution in [2.75, 3.05) is 26.2 Å². The molecule has 0 unspecified atom stereocenters. The number of nitrogens with one attached hydrogen (secondary N) is 1. The van der Waals surface area contributed by atoms with E-state index in [-0.39, 0.29) is 48.4 Å². The van der Waals surface area contributed by atoms with Gasteiger partial charge in [0.15, 0.2) is 0 Å². The lowest BCUT2D eigenvalue weighted by Crippen LogP contribution is -2.56. The Kier molecular flexibility index (Phi) is 6.97. The number of piperidine rings is 1. The lowest BCUT2D eigenvalue weighted by molar-refractivity contribution is -0.136. The highest BCUT2D eigenvalue weighted by atomic mass is 19.1. The second-order valence-electron chi connectivity index (χ2n) is 9.27. The molecule has 0 bridgehead atoms. The molecule has 1 N–H and O–H groups in total. The third-order valence-corrected chi connectivity index (χ3v) is 7.15. The number of carbonyl (C=O) groups excluding carboxylic acids is 3. The van der Waals surface area contributed by atoms with Crippen molar-refractivity contribution in [3.8, 4) is 0 Å². The normalized spacial score (nSPS) is 26.2. The lowest BCUT2D eigenvalue weighted by atomic mass is 9.74. The average molecular weight is 464 g/mol. The molecule has 7 nitrogen and oxygen atoms in total. The lowest BCUT2D eigenvalue weighted by Gasteiger charge is -2.41. The highest BCUT2D eigenvalue weighted by Crippen LogP contribution is 2.37. The monoisotopic (exact) mass is 463 g/mol. The molecule has 180 valence electrons. The van der Waals surface area contributed by atoms with Crippen LogP contribution < -0.4 is 5.32 Å². The van der Waals surface area contributed by atoms with Crippen LogP contribution >= 0.6 is 0 Å². The Bertz CT molecular complexity index is 913. The zero-order chi connectivity index (χ0) is 23.6. The van der Waals surface area contributed by atoms with Crippen LogP contribution in [0.15, 0.2) is 18.2 Å². The van der Waals surface area contributed by atoms with Gasteiger partial charge in [0.2, 0.25) is 5.91 Å². The molecule has 3 saturated heterocycles. The molecule has 0 aromatic heterocycles. The van der Waals surface area contributed by atoms with E-state index in [0.29, 0.717) is 39.0 Å². The maximum atomic E-state index is 13.9. The predicted molar refractivity (Wildman–Crippen MR) is 116 cm³/mol. The van der Waals surface area contributed by atoms with E-state index >= 15 is 0 Å². The number of hydrogen-bond donors (Lipinski definition) is 1. The minimum Gasteiger partial charge on any atom is -0.376 e. The van der Waals surface area contributed by atoms with Gasteiger partial charge in [-0.05, 0) is 56.2 Å². The van der Waals surface area contributed by atoms with Gasteiger partial charge in [-0.15, -0.1) is 0 Å². The number of likely N-dealkylation sites (tertiary alicyclic amines) is 1. The Hall–Kier alpha value is -2.55. The molecule has 4 amide bonds. The van der Waals surface area contributed by atoms with Crippen molar-refractivity contribution in [3.63, 3.8) is 0 Å². The molecule has 3 fully saturated rings. The second kappa shape index (κ2) is 9.75. The molecular formula is C24H31F2N3O4. The molecule has 2 atom stereocenters. The van der Waals surface area contributed by atoms with Crippen molar-refractivity contribution in [3.05, 3.63) is 35.4 Å². The average Bonchev–Trinajstić information content (AvgIpc) is 3.40. The van der Waals surface area contributed by atoms with Gasteiger partial charge >= 0.3 is 6.03 Å². The van der Waals surface area contributed by atoms with Gasteiger partial charge in [-0.2, -0.15) is 0 Å². The SMILES string of the molecule is CCC[C@]1(C2CCN(C(=O)Cc3cc(F)ccc3F)CC2)NC(=O)N(C[C@@H]2CCCO2)C1=O. The summed E-state index contributed by atoms with van der Waals surface area (Å²) in [6.45, 7) is 3.71. The van der Waals surface area contributed by atoms with Crippen molar-refractivity contribution >= 4 is 17.8 Å². The number of amides is 4. The van der Waals surface area contributed by atoms with Crippen LogP contribution in [0.4, 0.5) is 13.6 Å². The van der Waals surface area contributed by atoms with E-state index in [9.17, 15) is 23.2 Å². The van der Waals surface area contributed by atoms with Gasteiger partial charge in [0.1, 0.15) is 17.2 Å². The highest BCUT2D eigenvalue weighted by molar-refractivity contribution is 6.07. The van der Waals surface area contributed by atoms with E-state index in [4.69, 9.17) is 4.74 Å². The van der Waals surface area contributed by atoms with E-state index < -0.39 is 17.2 Å². The van der Waals surface area contributed by atoms with E-state index in [2.05, 4.69) is 5.32 Å². The molecule has 0 spiro atoms. The van der Waals surface area contributed by atoms with Crippen LogP contribution in [0.2, 0.25) is 0 Å². The van der Waals surface area contributed by atoms with Crippen molar-refractivity contribution in [1.29, 1.82) is 0 Å². The number of urea groups is 1. The van der Waals surface area contributed by atoms with Crippen LogP contribution in [0.3, 0.4) is 0 Å². The van der Waals surface area contributed by atoms with Crippen LogP contribution in [0, 0.1) is 17.6 Å². The summed E-state index contributed by atoms with van der Waals surface area (Å²) in [5, 5.41) is 3.00. The van der Waals surface area contributed by atoms with Gasteiger partial charge in [0.25, 0.3) is 5.91 Å². The van der Waals surface area contributed by atoms with Crippen LogP contribution in [0.5, 0.6) is 0 Å². The molecule has 3 heterocycles. The third-order valence-electron chi connectivity index (χ3n) is 7.15. The van der Waals surface area contributed by atoms with Gasteiger partial charge in [0.05, 0.1) is 19.1 Å². The van der Waals surface area contributed by atoms with Crippen LogP contribution in [0.1, 0.15) is 51.0 Å². The number of hydrogen-bond acceptors (Lipinski definition) is 4. The van der Waals surface area contributed by atoms with E-state index in [1.165, 1.54) is 4.90 Å². The zero-order valence-corrected chi connectivity index (χ0v) is 18.9. The maximum Gasteiger partial charge on any atom is 0.325 e. The minimum atomic E-state index is -0.964. The summed E-state index contributed by atoms with van der Waals surface area (Å²) in [6, 6.07) is 2.72. The summed E-state index contributed by atoms with van der Waals surface area (Å²) in [7, 11) is 0. The van der Waals surface area contributed by atoms with Crippen LogP contribution in [0.25, 0.3) is 0 Å². The number of imide groups is 1. The summed E-state index contributed by atoms with van der Waals surface area (Å²) in [5.74, 6) is -1.76. The van der Waals surface area contributed by atoms with Gasteiger partial charge in [-0.3, -0.25) is 14.5 Å². The molecule has 1 aromatic rings. The number of nitrogens with zero attached hydrogens (tertiary/aromatic N) is 2. The number of carbonyl (C=O) groups is 3. The first-order valence-electron chi connectivity index (χ1n) is 11.8. The molecule has 0 aliphatic carbocycles. The van der Waals surface area contributed by atoms with Crippen LogP contribution in [-0.2, 0) is 20.7 Å². The van der Waals surface area contributed by atoms with Crippen molar-refractivity contribution < 1.29 is 27.9 Å². The Balaban J connectivity index is 1.41. The topological polar surface area (TPSA) is 79.0 Å². The van der Waals surface area contributed by atoms with Crippen molar-refractivity contribution in [2.24, 2.45) is 5.92 Å². The second-order valence-corrected chi connectivity index (χ2v) is 9.27. The van der Waals surface area contributed by atoms with Gasteiger partial charge < -0.3 is 15.0 Å². The first-order chi connectivity index (χ1) is 15.8. The fourth-order valence-corrected chi connectivity index (χ4v) is 5.42. The number of halogens is 2. The molecule has 0 saturated carbocycles. The van der Waals surface area contributed by atoms with E-state index in [1.54, 1.807) is 4.90 Å². The zero-order valence-electron chi connectivity index (χ0n) is 18.9. The highest BCUT2D eigenvalue weighted by Gasteiger charge is 2.55. The van der Waals surface area contributed by atoms with Gasteiger partial charge in [0, 0.05) is 25.3 Å². The number of ether oxygens (including phenoxy) is 1. The van der Waals surface area contributed by atoms with Crippen LogP contribution in [-0.4, -0.2) is 65.5 Å². The van der Waals surface area contributed by atoms with Crippen molar-refractivity contribution in [1.82, 2.24) is 15.1 Å². The Labute approximate surface area is 192 Å². The summed E-state index contributed by atoms with van der Waals surface area (Å²) in [6.07, 6.45) is 3.82. The number of rotatable bonds is 7. The molecule has 0 radical (unpaired) electrons. The Morgan fingerprint density at radius 2 is 1.97 bits per heavy atom. The molecule has 33 heavy (non-hydrogen) atoms. The molecule has 3 aliphatic rings. The quantitative estimate of drug-likeness (QED) is 0.631. The summed E-state index contributed by atoms with van der Waals surface area (Å²) in [4.78, 5) is 41.9.